The Bertz CT molecular complexity index is 948. The van der Waals surface area contributed by atoms with Crippen molar-refractivity contribution in [2.45, 2.75) is 13.0 Å². The number of amides is 2. The van der Waals surface area contributed by atoms with Gasteiger partial charge in [-0.3, -0.25) is 14.5 Å². The van der Waals surface area contributed by atoms with Crippen molar-refractivity contribution in [3.05, 3.63) is 59.1 Å². The van der Waals surface area contributed by atoms with E-state index in [0.29, 0.717) is 11.3 Å². The topological polar surface area (TPSA) is 65.5 Å². The highest BCUT2D eigenvalue weighted by Gasteiger charge is 2.18. The fourth-order valence-corrected chi connectivity index (χ4v) is 3.86. The van der Waals surface area contributed by atoms with Crippen molar-refractivity contribution in [2.24, 2.45) is 0 Å². The van der Waals surface area contributed by atoms with Crippen LogP contribution in [0.25, 0.3) is 10.2 Å². The van der Waals surface area contributed by atoms with Crippen LogP contribution in [0.1, 0.15) is 28.3 Å². The molecular formula is C21H24N4O2S. The van der Waals surface area contributed by atoms with E-state index < -0.39 is 0 Å². The molecule has 1 N–H and O–H groups in total. The molecule has 3 rings (SSSR count). The van der Waals surface area contributed by atoms with Gasteiger partial charge in [-0.05, 0) is 50.4 Å². The van der Waals surface area contributed by atoms with Gasteiger partial charge in [-0.1, -0.05) is 12.1 Å². The zero-order valence-corrected chi connectivity index (χ0v) is 17.3. The zero-order valence-electron chi connectivity index (χ0n) is 16.5. The number of thiazole rings is 1. The van der Waals surface area contributed by atoms with E-state index in [-0.39, 0.29) is 24.4 Å². The molecule has 2 aromatic carbocycles. The van der Waals surface area contributed by atoms with E-state index in [2.05, 4.69) is 16.4 Å². The molecular weight excluding hydrogens is 372 g/mol. The number of fused-ring (bicyclic) bond motifs is 1. The number of likely N-dealkylation sites (N-methyl/N-ethyl adjacent to an activating group) is 1. The molecule has 28 heavy (non-hydrogen) atoms. The average molecular weight is 397 g/mol. The molecule has 0 radical (unpaired) electrons. The molecule has 0 aliphatic heterocycles. The fourth-order valence-electron chi connectivity index (χ4n) is 2.78. The monoisotopic (exact) mass is 396 g/mol. The van der Waals surface area contributed by atoms with E-state index in [9.17, 15) is 9.59 Å². The van der Waals surface area contributed by atoms with E-state index in [1.165, 1.54) is 4.90 Å². The molecule has 146 valence electrons. The van der Waals surface area contributed by atoms with Crippen LogP contribution >= 0.6 is 11.3 Å². The Kier molecular flexibility index (Phi) is 6.06. The van der Waals surface area contributed by atoms with E-state index in [1.807, 2.05) is 37.1 Å². The summed E-state index contributed by atoms with van der Waals surface area (Å²) in [7, 11) is 5.33. The molecule has 0 fully saturated rings. The van der Waals surface area contributed by atoms with Gasteiger partial charge in [0.25, 0.3) is 5.91 Å². The molecule has 2 amide bonds. The minimum absolute atomic E-state index is 0.0308. The SMILES string of the molecule is C[C@@H](c1nc2ccccc2s1)N(C)CC(=O)Nc1ccc(C(=O)N(C)C)cc1. The third-order valence-electron chi connectivity index (χ3n) is 4.54. The van der Waals surface area contributed by atoms with Crippen LogP contribution < -0.4 is 5.32 Å². The Labute approximate surface area is 168 Å². The van der Waals surface area contributed by atoms with Gasteiger partial charge < -0.3 is 10.2 Å². The Morgan fingerprint density at radius 1 is 1.07 bits per heavy atom. The number of aromatic nitrogens is 1. The first-order valence-corrected chi connectivity index (χ1v) is 9.84. The van der Waals surface area contributed by atoms with Crippen molar-refractivity contribution in [3.63, 3.8) is 0 Å². The summed E-state index contributed by atoms with van der Waals surface area (Å²) in [5, 5.41) is 3.87. The lowest BCUT2D eigenvalue weighted by Crippen LogP contribution is -2.32. The number of carbonyl (C=O) groups is 2. The number of rotatable bonds is 6. The van der Waals surface area contributed by atoms with E-state index in [4.69, 9.17) is 0 Å². The summed E-state index contributed by atoms with van der Waals surface area (Å²) >= 11 is 1.65. The van der Waals surface area contributed by atoms with Crippen LogP contribution in [-0.4, -0.2) is 54.3 Å². The van der Waals surface area contributed by atoms with Crippen LogP contribution in [0, 0.1) is 0 Å². The van der Waals surface area contributed by atoms with Gasteiger partial charge in [-0.25, -0.2) is 4.98 Å². The van der Waals surface area contributed by atoms with Crippen molar-refractivity contribution >= 4 is 39.1 Å². The molecule has 0 saturated carbocycles. The maximum Gasteiger partial charge on any atom is 0.253 e. The lowest BCUT2D eigenvalue weighted by molar-refractivity contribution is -0.117. The molecule has 3 aromatic rings. The van der Waals surface area contributed by atoms with E-state index in [1.54, 1.807) is 49.7 Å². The van der Waals surface area contributed by atoms with E-state index >= 15 is 0 Å². The maximum atomic E-state index is 12.4. The van der Waals surface area contributed by atoms with Crippen LogP contribution in [-0.2, 0) is 4.79 Å². The summed E-state index contributed by atoms with van der Waals surface area (Å²) in [5.41, 5.74) is 2.24. The van der Waals surface area contributed by atoms with Crippen LogP contribution in [0.2, 0.25) is 0 Å². The van der Waals surface area contributed by atoms with Gasteiger partial charge >= 0.3 is 0 Å². The van der Waals surface area contributed by atoms with Crippen LogP contribution in [0.5, 0.6) is 0 Å². The van der Waals surface area contributed by atoms with Crippen LogP contribution in [0.3, 0.4) is 0 Å². The molecule has 1 aromatic heterocycles. The quantitative estimate of drug-likeness (QED) is 0.691. The van der Waals surface area contributed by atoms with Gasteiger partial charge in [0.2, 0.25) is 5.91 Å². The standard InChI is InChI=1S/C21H24N4O2S/c1-14(20-23-17-7-5-6-8-18(17)28-20)25(4)13-19(26)22-16-11-9-15(10-12-16)21(27)24(2)3/h5-12,14H,13H2,1-4H3,(H,22,26)/t14-/m0/s1. The number of nitrogens with zero attached hydrogens (tertiary/aromatic N) is 3. The average Bonchev–Trinajstić information content (AvgIpc) is 3.11. The Hall–Kier alpha value is -2.77. The first kappa shape index (κ1) is 20.0. The van der Waals surface area contributed by atoms with Crippen LogP contribution in [0.4, 0.5) is 5.69 Å². The molecule has 1 atom stereocenters. The highest BCUT2D eigenvalue weighted by molar-refractivity contribution is 7.18. The minimum atomic E-state index is -0.109. The predicted molar refractivity (Wildman–Crippen MR) is 114 cm³/mol. The van der Waals surface area contributed by atoms with Crippen molar-refractivity contribution in [2.75, 3.05) is 33.0 Å². The molecule has 6 nitrogen and oxygen atoms in total. The summed E-state index contributed by atoms with van der Waals surface area (Å²) < 4.78 is 1.15. The number of benzene rings is 2. The van der Waals surface area contributed by atoms with Gasteiger partial charge in [0.15, 0.2) is 0 Å². The first-order chi connectivity index (χ1) is 13.3. The second-order valence-electron chi connectivity index (χ2n) is 6.94. The van der Waals surface area contributed by atoms with E-state index in [0.717, 1.165) is 15.2 Å². The smallest absolute Gasteiger partial charge is 0.253 e. The number of anilines is 1. The van der Waals surface area contributed by atoms with Gasteiger partial charge in [0.1, 0.15) is 5.01 Å². The highest BCUT2D eigenvalue weighted by atomic mass is 32.1. The predicted octanol–water partition coefficient (Wildman–Crippen LogP) is 3.63. The minimum Gasteiger partial charge on any atom is -0.345 e. The van der Waals surface area contributed by atoms with Crippen molar-refractivity contribution in [1.29, 1.82) is 0 Å². The van der Waals surface area contributed by atoms with Crippen molar-refractivity contribution in [1.82, 2.24) is 14.8 Å². The van der Waals surface area contributed by atoms with Gasteiger partial charge in [0.05, 0.1) is 22.8 Å². The fraction of sp³-hybridized carbons (Fsp3) is 0.286. The number of hydrogen-bond acceptors (Lipinski definition) is 5. The van der Waals surface area contributed by atoms with Crippen LogP contribution in [0.15, 0.2) is 48.5 Å². The molecule has 0 unspecified atom stereocenters. The second-order valence-corrected chi connectivity index (χ2v) is 8.00. The molecule has 0 saturated heterocycles. The molecule has 1 heterocycles. The number of carbonyl (C=O) groups excluding carboxylic acids is 2. The second kappa shape index (κ2) is 8.50. The normalized spacial score (nSPS) is 12.2. The lowest BCUT2D eigenvalue weighted by atomic mass is 10.2. The third kappa shape index (κ3) is 4.55. The van der Waals surface area contributed by atoms with Gasteiger partial charge in [0, 0.05) is 25.3 Å². The summed E-state index contributed by atoms with van der Waals surface area (Å²) in [6.07, 6.45) is 0. The molecule has 0 spiro atoms. The molecule has 0 bridgehead atoms. The Morgan fingerprint density at radius 3 is 2.39 bits per heavy atom. The largest absolute Gasteiger partial charge is 0.345 e. The summed E-state index contributed by atoms with van der Waals surface area (Å²) in [5.74, 6) is -0.176. The van der Waals surface area contributed by atoms with Gasteiger partial charge in [-0.15, -0.1) is 11.3 Å². The van der Waals surface area contributed by atoms with Crippen molar-refractivity contribution < 1.29 is 9.59 Å². The zero-order chi connectivity index (χ0) is 20.3. The highest BCUT2D eigenvalue weighted by Crippen LogP contribution is 2.28. The Morgan fingerprint density at radius 2 is 1.75 bits per heavy atom. The Balaban J connectivity index is 1.60. The lowest BCUT2D eigenvalue weighted by Gasteiger charge is -2.22. The molecule has 0 aliphatic rings. The van der Waals surface area contributed by atoms with Gasteiger partial charge in [-0.2, -0.15) is 0 Å². The number of para-hydroxylation sites is 1. The first-order valence-electron chi connectivity index (χ1n) is 9.02. The number of nitrogens with one attached hydrogen (secondary N) is 1. The molecule has 0 aliphatic carbocycles. The summed E-state index contributed by atoms with van der Waals surface area (Å²) in [4.78, 5) is 32.5. The summed E-state index contributed by atoms with van der Waals surface area (Å²) in [6.45, 7) is 2.29. The number of hydrogen-bond donors (Lipinski definition) is 1. The summed E-state index contributed by atoms with van der Waals surface area (Å²) in [6, 6.07) is 15.0. The maximum absolute atomic E-state index is 12.4. The van der Waals surface area contributed by atoms with Crippen molar-refractivity contribution in [3.8, 4) is 0 Å². The third-order valence-corrected chi connectivity index (χ3v) is 5.75. The molecule has 7 heteroatoms.